The second-order valence-electron chi connectivity index (χ2n) is 10.3. The minimum Gasteiger partial charge on any atom is -0.469 e. The molecule has 0 aromatic heterocycles. The average Bonchev–Trinajstić information content (AvgIpc) is 3.36. The van der Waals surface area contributed by atoms with Crippen molar-refractivity contribution in [2.24, 2.45) is 23.7 Å². The molecule has 1 saturated heterocycles. The second kappa shape index (κ2) is 13.4. The lowest BCUT2D eigenvalue weighted by Gasteiger charge is -2.29. The number of carbonyl (C=O) groups excluding carboxylic acids is 2. The zero-order chi connectivity index (χ0) is 23.6. The van der Waals surface area contributed by atoms with E-state index in [9.17, 15) is 9.59 Å². The lowest BCUT2D eigenvalue weighted by atomic mass is 9.89. The van der Waals surface area contributed by atoms with Gasteiger partial charge in [0.15, 0.2) is 12.1 Å². The highest BCUT2D eigenvalue weighted by Gasteiger charge is 2.47. The number of ether oxygens (including phenoxy) is 3. The third-order valence-electron chi connectivity index (χ3n) is 7.76. The molecule has 1 aliphatic heterocycles. The SMILES string of the molecule is CCCC[C@H](C)C(=O)C=C[C@@H]1[C@H]2CC(=CCCCC(=O)OC)C[C@@H]2C[C@H]1OC1CCCCO1. The molecule has 0 radical (unpaired) electrons. The molecule has 6 atom stereocenters. The molecule has 0 amide bonds. The van der Waals surface area contributed by atoms with Gasteiger partial charge < -0.3 is 14.2 Å². The first-order chi connectivity index (χ1) is 16.0. The molecule has 5 nitrogen and oxygen atoms in total. The fraction of sp³-hybridized carbons (Fsp3) is 0.786. The van der Waals surface area contributed by atoms with E-state index in [1.165, 1.54) is 12.7 Å². The van der Waals surface area contributed by atoms with Crippen LogP contribution in [0.2, 0.25) is 0 Å². The van der Waals surface area contributed by atoms with Gasteiger partial charge in [0.25, 0.3) is 0 Å². The molecule has 0 aromatic carbocycles. The Balaban J connectivity index is 1.62. The largest absolute Gasteiger partial charge is 0.469 e. The van der Waals surface area contributed by atoms with Crippen LogP contribution in [0, 0.1) is 23.7 Å². The lowest BCUT2D eigenvalue weighted by molar-refractivity contribution is -0.193. The van der Waals surface area contributed by atoms with Gasteiger partial charge in [0.2, 0.25) is 0 Å². The summed E-state index contributed by atoms with van der Waals surface area (Å²) in [4.78, 5) is 24.1. The Hall–Kier alpha value is -1.46. The third-order valence-corrected chi connectivity index (χ3v) is 7.76. The first kappa shape index (κ1) is 26.2. The van der Waals surface area contributed by atoms with E-state index in [-0.39, 0.29) is 36.0 Å². The first-order valence-corrected chi connectivity index (χ1v) is 13.3. The molecule has 2 aliphatic carbocycles. The number of hydrogen-bond acceptors (Lipinski definition) is 5. The van der Waals surface area contributed by atoms with Crippen molar-refractivity contribution in [1.29, 1.82) is 0 Å². The number of unbranched alkanes of at least 4 members (excludes halogenated alkanes) is 2. The van der Waals surface area contributed by atoms with Crippen LogP contribution in [0.4, 0.5) is 0 Å². The van der Waals surface area contributed by atoms with Crippen LogP contribution in [-0.4, -0.2) is 37.9 Å². The number of rotatable bonds is 12. The van der Waals surface area contributed by atoms with Crippen molar-refractivity contribution in [2.45, 2.75) is 103 Å². The molecule has 1 heterocycles. The summed E-state index contributed by atoms with van der Waals surface area (Å²) in [6.07, 6.45) is 18.3. The van der Waals surface area contributed by atoms with Crippen LogP contribution >= 0.6 is 0 Å². The number of esters is 1. The molecule has 5 heteroatoms. The fourth-order valence-electron chi connectivity index (χ4n) is 5.75. The molecule has 3 rings (SSSR count). The molecule has 0 spiro atoms. The van der Waals surface area contributed by atoms with Crippen LogP contribution in [0.15, 0.2) is 23.8 Å². The molecule has 1 unspecified atom stereocenters. The second-order valence-corrected chi connectivity index (χ2v) is 10.3. The van der Waals surface area contributed by atoms with Crippen molar-refractivity contribution < 1.29 is 23.8 Å². The maximum absolute atomic E-state index is 12.7. The van der Waals surface area contributed by atoms with Gasteiger partial charge >= 0.3 is 5.97 Å². The van der Waals surface area contributed by atoms with E-state index in [1.807, 2.05) is 13.0 Å². The van der Waals surface area contributed by atoms with Crippen molar-refractivity contribution >= 4 is 11.8 Å². The molecule has 0 aromatic rings. The summed E-state index contributed by atoms with van der Waals surface area (Å²) in [5.41, 5.74) is 1.50. The molecular weight excluding hydrogens is 416 g/mol. The Kier molecular flexibility index (Phi) is 10.6. The van der Waals surface area contributed by atoms with Crippen molar-refractivity contribution in [3.05, 3.63) is 23.8 Å². The Bertz CT molecular complexity index is 690. The number of fused-ring (bicyclic) bond motifs is 1. The zero-order valence-electron chi connectivity index (χ0n) is 20.9. The summed E-state index contributed by atoms with van der Waals surface area (Å²) in [5, 5.41) is 0. The maximum atomic E-state index is 12.7. The van der Waals surface area contributed by atoms with Crippen molar-refractivity contribution in [3.8, 4) is 0 Å². The van der Waals surface area contributed by atoms with E-state index >= 15 is 0 Å². The maximum Gasteiger partial charge on any atom is 0.305 e. The van der Waals surface area contributed by atoms with Crippen molar-refractivity contribution in [2.75, 3.05) is 13.7 Å². The van der Waals surface area contributed by atoms with Gasteiger partial charge in [-0.3, -0.25) is 9.59 Å². The Morgan fingerprint density at radius 3 is 2.79 bits per heavy atom. The molecule has 33 heavy (non-hydrogen) atoms. The van der Waals surface area contributed by atoms with Crippen LogP contribution in [0.1, 0.15) is 90.9 Å². The van der Waals surface area contributed by atoms with Gasteiger partial charge in [0, 0.05) is 24.9 Å². The predicted molar refractivity (Wildman–Crippen MR) is 130 cm³/mol. The quantitative estimate of drug-likeness (QED) is 0.151. The van der Waals surface area contributed by atoms with Gasteiger partial charge in [-0.25, -0.2) is 0 Å². The van der Waals surface area contributed by atoms with Crippen molar-refractivity contribution in [3.63, 3.8) is 0 Å². The summed E-state index contributed by atoms with van der Waals surface area (Å²) in [5.74, 6) is 1.60. The summed E-state index contributed by atoms with van der Waals surface area (Å²) in [6.45, 7) is 5.01. The minimum absolute atomic E-state index is 0.0910. The van der Waals surface area contributed by atoms with Gasteiger partial charge in [-0.2, -0.15) is 0 Å². The molecular formula is C28H44O5. The molecule has 186 valence electrons. The highest BCUT2D eigenvalue weighted by molar-refractivity contribution is 5.91. The first-order valence-electron chi connectivity index (χ1n) is 13.3. The highest BCUT2D eigenvalue weighted by atomic mass is 16.7. The smallest absolute Gasteiger partial charge is 0.305 e. The molecule has 3 aliphatic rings. The standard InChI is InChI=1S/C28H44O5/c1-4-5-10-20(2)25(29)15-14-23-24-18-21(11-6-7-12-27(30)31-3)17-22(24)19-26(23)33-28-13-8-9-16-32-28/h11,14-15,20,22-24,26,28H,4-10,12-13,16-19H2,1-3H3/t20-,22+,23+,24-,26+,28?/m0/s1. The van der Waals surface area contributed by atoms with Gasteiger partial charge in [-0.15, -0.1) is 0 Å². The van der Waals surface area contributed by atoms with E-state index < -0.39 is 0 Å². The summed E-state index contributed by atoms with van der Waals surface area (Å²) in [6, 6.07) is 0. The summed E-state index contributed by atoms with van der Waals surface area (Å²) >= 11 is 0. The number of methoxy groups -OCH3 is 1. The molecule has 2 saturated carbocycles. The molecule has 0 N–H and O–H groups in total. The van der Waals surface area contributed by atoms with E-state index in [0.29, 0.717) is 18.3 Å². The van der Waals surface area contributed by atoms with E-state index in [4.69, 9.17) is 14.2 Å². The van der Waals surface area contributed by atoms with Gasteiger partial charge in [-0.05, 0) is 75.7 Å². The van der Waals surface area contributed by atoms with Gasteiger partial charge in [-0.1, -0.05) is 44.4 Å². The zero-order valence-corrected chi connectivity index (χ0v) is 20.9. The number of ketones is 1. The highest BCUT2D eigenvalue weighted by Crippen LogP contribution is 2.52. The van der Waals surface area contributed by atoms with Crippen LogP contribution in [0.3, 0.4) is 0 Å². The van der Waals surface area contributed by atoms with Gasteiger partial charge in [0.05, 0.1) is 13.2 Å². The normalized spacial score (nSPS) is 31.7. The molecule has 0 bridgehead atoms. The molecule has 3 fully saturated rings. The predicted octanol–water partition coefficient (Wildman–Crippen LogP) is 6.17. The van der Waals surface area contributed by atoms with Crippen molar-refractivity contribution in [1.82, 2.24) is 0 Å². The average molecular weight is 461 g/mol. The monoisotopic (exact) mass is 460 g/mol. The summed E-state index contributed by atoms with van der Waals surface area (Å²) < 4.78 is 17.1. The Labute approximate surface area is 200 Å². The number of hydrogen-bond donors (Lipinski definition) is 0. The topological polar surface area (TPSA) is 61.8 Å². The van der Waals surface area contributed by atoms with Crippen LogP contribution in [0.25, 0.3) is 0 Å². The van der Waals surface area contributed by atoms with Gasteiger partial charge in [0.1, 0.15) is 0 Å². The Morgan fingerprint density at radius 2 is 2.06 bits per heavy atom. The van der Waals surface area contributed by atoms with Crippen LogP contribution in [-0.2, 0) is 23.8 Å². The van der Waals surface area contributed by atoms with E-state index in [1.54, 1.807) is 0 Å². The number of carbonyl (C=O) groups is 2. The van der Waals surface area contributed by atoms with Crippen LogP contribution in [0.5, 0.6) is 0 Å². The van der Waals surface area contributed by atoms with E-state index in [2.05, 4.69) is 19.1 Å². The summed E-state index contributed by atoms with van der Waals surface area (Å²) in [7, 11) is 1.44. The van der Waals surface area contributed by atoms with E-state index in [0.717, 1.165) is 77.2 Å². The number of allylic oxidation sites excluding steroid dienone is 3. The fourth-order valence-corrected chi connectivity index (χ4v) is 5.75. The minimum atomic E-state index is -0.135. The van der Waals surface area contributed by atoms with Crippen LogP contribution < -0.4 is 0 Å². The lowest BCUT2D eigenvalue weighted by Crippen LogP contribution is -2.30. The third kappa shape index (κ3) is 7.78. The Morgan fingerprint density at radius 1 is 1.21 bits per heavy atom.